The highest BCUT2D eigenvalue weighted by molar-refractivity contribution is 7.10. The van der Waals surface area contributed by atoms with Crippen molar-refractivity contribution in [3.63, 3.8) is 0 Å². The first-order valence-corrected chi connectivity index (χ1v) is 10.4. The second-order valence-corrected chi connectivity index (χ2v) is 7.83. The molecule has 1 amide bonds. The molecule has 0 radical (unpaired) electrons. The molecule has 0 saturated heterocycles. The van der Waals surface area contributed by atoms with E-state index < -0.39 is 0 Å². The quantitative estimate of drug-likeness (QED) is 0.564. The summed E-state index contributed by atoms with van der Waals surface area (Å²) in [7, 11) is 3.28. The summed E-state index contributed by atoms with van der Waals surface area (Å²) in [4.78, 5) is 16.2. The number of carbonyl (C=O) groups is 1. The van der Waals surface area contributed by atoms with Gasteiger partial charge in [0, 0.05) is 17.5 Å². The highest BCUT2D eigenvalue weighted by Gasteiger charge is 2.32. The van der Waals surface area contributed by atoms with E-state index in [1.807, 2.05) is 58.8 Å². The maximum atomic E-state index is 13.2. The van der Waals surface area contributed by atoms with Crippen LogP contribution in [0, 0.1) is 0 Å². The molecule has 0 spiro atoms. The van der Waals surface area contributed by atoms with Gasteiger partial charge in [0.25, 0.3) is 0 Å². The summed E-state index contributed by atoms with van der Waals surface area (Å²) in [5.74, 6) is 1.40. The second-order valence-electron chi connectivity index (χ2n) is 6.85. The van der Waals surface area contributed by atoms with Crippen LogP contribution >= 0.6 is 11.3 Å². The van der Waals surface area contributed by atoms with Gasteiger partial charge < -0.3 is 14.4 Å². The summed E-state index contributed by atoms with van der Waals surface area (Å²) in [6.45, 7) is 0.648. The Labute approximate surface area is 175 Å². The molecule has 0 fully saturated rings. The molecule has 0 bridgehead atoms. The maximum absolute atomic E-state index is 13.2. The number of fused-ring (bicyclic) bond motifs is 1. The van der Waals surface area contributed by atoms with Gasteiger partial charge in [0.2, 0.25) is 5.91 Å². The molecule has 2 heterocycles. The zero-order chi connectivity index (χ0) is 20.2. The molecule has 1 aliphatic rings. The number of nitrogens with zero attached hydrogens (tertiary/aromatic N) is 1. The van der Waals surface area contributed by atoms with Crippen LogP contribution in [0.15, 0.2) is 66.1 Å². The molecule has 1 aliphatic heterocycles. The van der Waals surface area contributed by atoms with Crippen molar-refractivity contribution in [1.29, 1.82) is 0 Å². The highest BCUT2D eigenvalue weighted by Crippen LogP contribution is 2.41. The van der Waals surface area contributed by atoms with Crippen molar-refractivity contribution >= 4 is 23.3 Å². The van der Waals surface area contributed by atoms with Crippen molar-refractivity contribution in [2.75, 3.05) is 20.8 Å². The van der Waals surface area contributed by atoms with Gasteiger partial charge >= 0.3 is 0 Å². The fraction of sp³-hybridized carbons (Fsp3) is 0.208. The number of hydrogen-bond acceptors (Lipinski definition) is 4. The van der Waals surface area contributed by atoms with Crippen LogP contribution in [-0.4, -0.2) is 31.6 Å². The smallest absolute Gasteiger partial charge is 0.247 e. The summed E-state index contributed by atoms with van der Waals surface area (Å²) in [6.07, 6.45) is 4.34. The van der Waals surface area contributed by atoms with Gasteiger partial charge in [-0.2, -0.15) is 0 Å². The van der Waals surface area contributed by atoms with Gasteiger partial charge in [-0.3, -0.25) is 4.79 Å². The first-order valence-electron chi connectivity index (χ1n) is 9.53. The Morgan fingerprint density at radius 2 is 1.83 bits per heavy atom. The predicted octanol–water partition coefficient (Wildman–Crippen LogP) is 4.95. The van der Waals surface area contributed by atoms with E-state index in [0.717, 1.165) is 28.2 Å². The van der Waals surface area contributed by atoms with Crippen molar-refractivity contribution in [2.45, 2.75) is 12.5 Å². The Kier molecular flexibility index (Phi) is 5.67. The van der Waals surface area contributed by atoms with Crippen LogP contribution in [0.4, 0.5) is 0 Å². The van der Waals surface area contributed by atoms with Gasteiger partial charge in [-0.1, -0.05) is 36.4 Å². The fourth-order valence-electron chi connectivity index (χ4n) is 3.81. The molecule has 0 unspecified atom stereocenters. The first kappa shape index (κ1) is 19.3. The van der Waals surface area contributed by atoms with Gasteiger partial charge in [-0.25, -0.2) is 0 Å². The van der Waals surface area contributed by atoms with Gasteiger partial charge in [-0.05, 0) is 52.8 Å². The molecule has 0 aliphatic carbocycles. The van der Waals surface area contributed by atoms with Gasteiger partial charge in [0.05, 0.1) is 20.3 Å². The summed E-state index contributed by atoms with van der Waals surface area (Å²) in [6, 6.07) is 18.0. The average molecular weight is 406 g/mol. The molecule has 0 N–H and O–H groups in total. The monoisotopic (exact) mass is 405 g/mol. The second kappa shape index (κ2) is 8.53. The molecule has 4 nitrogen and oxygen atoms in total. The third kappa shape index (κ3) is 3.91. The SMILES string of the molecule is COc1cc2c(cc1OC)[C@H](c1ccccc1)N(C(=O)/C=C/c1cccs1)CC2. The summed E-state index contributed by atoms with van der Waals surface area (Å²) < 4.78 is 11.0. The Balaban J connectivity index is 1.76. The molecule has 1 atom stereocenters. The van der Waals surface area contributed by atoms with Crippen molar-refractivity contribution in [3.8, 4) is 11.5 Å². The van der Waals surface area contributed by atoms with E-state index in [1.54, 1.807) is 31.6 Å². The van der Waals surface area contributed by atoms with Crippen LogP contribution in [0.5, 0.6) is 11.5 Å². The molecule has 0 saturated carbocycles. The van der Waals surface area contributed by atoms with Crippen molar-refractivity contribution in [3.05, 3.63) is 87.6 Å². The van der Waals surface area contributed by atoms with Crippen LogP contribution < -0.4 is 9.47 Å². The minimum Gasteiger partial charge on any atom is -0.493 e. The van der Waals surface area contributed by atoms with E-state index >= 15 is 0 Å². The molecule has 1 aromatic heterocycles. The summed E-state index contributed by atoms with van der Waals surface area (Å²) in [5.41, 5.74) is 3.35. The average Bonchev–Trinajstić information content (AvgIpc) is 3.30. The molecule has 4 rings (SSSR count). The minimum atomic E-state index is -0.166. The van der Waals surface area contributed by atoms with Crippen LogP contribution in [0.1, 0.15) is 27.6 Å². The first-order chi connectivity index (χ1) is 14.2. The molecular weight excluding hydrogens is 382 g/mol. The van der Waals surface area contributed by atoms with Crippen LogP contribution in [0.2, 0.25) is 0 Å². The fourth-order valence-corrected chi connectivity index (χ4v) is 4.43. The van der Waals surface area contributed by atoms with Crippen molar-refractivity contribution in [1.82, 2.24) is 4.90 Å². The number of ether oxygens (including phenoxy) is 2. The zero-order valence-corrected chi connectivity index (χ0v) is 17.3. The molecule has 29 heavy (non-hydrogen) atoms. The Bertz CT molecular complexity index is 1010. The Morgan fingerprint density at radius 1 is 1.07 bits per heavy atom. The maximum Gasteiger partial charge on any atom is 0.247 e. The third-order valence-electron chi connectivity index (χ3n) is 5.21. The largest absolute Gasteiger partial charge is 0.493 e. The van der Waals surface area contributed by atoms with Crippen LogP contribution in [-0.2, 0) is 11.2 Å². The zero-order valence-electron chi connectivity index (χ0n) is 16.5. The number of methoxy groups -OCH3 is 2. The molecular formula is C24H23NO3S. The van der Waals surface area contributed by atoms with E-state index in [-0.39, 0.29) is 11.9 Å². The molecule has 2 aromatic carbocycles. The number of hydrogen-bond donors (Lipinski definition) is 0. The van der Waals surface area contributed by atoms with Crippen molar-refractivity contribution < 1.29 is 14.3 Å². The Morgan fingerprint density at radius 3 is 2.52 bits per heavy atom. The van der Waals surface area contributed by atoms with Gasteiger partial charge in [0.15, 0.2) is 11.5 Å². The number of benzene rings is 2. The van der Waals surface area contributed by atoms with E-state index in [1.165, 1.54) is 5.56 Å². The Hall–Kier alpha value is -3.05. The lowest BCUT2D eigenvalue weighted by Gasteiger charge is -2.37. The standard InChI is InChI=1S/C24H23NO3S/c1-27-21-15-18-12-13-25(23(26)11-10-19-9-6-14-29-19)24(17-7-4-3-5-8-17)20(18)16-22(21)28-2/h3-11,14-16,24H,12-13H2,1-2H3/b11-10+/t24-/m0/s1. The lowest BCUT2D eigenvalue weighted by Crippen LogP contribution is -2.39. The molecule has 148 valence electrons. The van der Waals surface area contributed by atoms with E-state index in [2.05, 4.69) is 12.1 Å². The van der Waals surface area contributed by atoms with E-state index in [9.17, 15) is 4.79 Å². The lowest BCUT2D eigenvalue weighted by atomic mass is 9.87. The molecule has 3 aromatic rings. The molecule has 5 heteroatoms. The highest BCUT2D eigenvalue weighted by atomic mass is 32.1. The summed E-state index contributed by atoms with van der Waals surface area (Å²) in [5, 5.41) is 2.01. The van der Waals surface area contributed by atoms with Crippen LogP contribution in [0.3, 0.4) is 0 Å². The van der Waals surface area contributed by atoms with Gasteiger partial charge in [0.1, 0.15) is 0 Å². The predicted molar refractivity (Wildman–Crippen MR) is 117 cm³/mol. The van der Waals surface area contributed by atoms with Gasteiger partial charge in [-0.15, -0.1) is 11.3 Å². The third-order valence-corrected chi connectivity index (χ3v) is 6.04. The minimum absolute atomic E-state index is 0.00712. The lowest BCUT2D eigenvalue weighted by molar-refractivity contribution is -0.127. The van der Waals surface area contributed by atoms with Crippen molar-refractivity contribution in [2.24, 2.45) is 0 Å². The number of carbonyl (C=O) groups excluding carboxylic acids is 1. The number of thiophene rings is 1. The normalized spacial score (nSPS) is 15.9. The summed E-state index contributed by atoms with van der Waals surface area (Å²) >= 11 is 1.62. The number of amides is 1. The number of rotatable bonds is 5. The topological polar surface area (TPSA) is 38.8 Å². The van der Waals surface area contributed by atoms with Crippen LogP contribution in [0.25, 0.3) is 6.08 Å². The van der Waals surface area contributed by atoms with E-state index in [0.29, 0.717) is 12.3 Å². The van der Waals surface area contributed by atoms with E-state index in [4.69, 9.17) is 9.47 Å².